The van der Waals surface area contributed by atoms with E-state index in [1.807, 2.05) is 6.92 Å². The van der Waals surface area contributed by atoms with Gasteiger partial charge in [-0.3, -0.25) is 14.5 Å². The van der Waals surface area contributed by atoms with Crippen LogP contribution in [0.4, 0.5) is 5.13 Å². The molecule has 0 saturated carbocycles. The fraction of sp³-hybridized carbons (Fsp3) is 0.400. The van der Waals surface area contributed by atoms with E-state index < -0.39 is 29.2 Å². The van der Waals surface area contributed by atoms with Gasteiger partial charge in [0.05, 0.1) is 0 Å². The second-order valence-electron chi connectivity index (χ2n) is 5.67. The van der Waals surface area contributed by atoms with Crippen LogP contribution in [0, 0.1) is 0 Å². The number of thioether (sulfide) groups is 1. The molecule has 2 aliphatic heterocycles. The SMILES string of the molecule is CCC1=C(C(=O)O)N2C(=O)[C@@H](NC(=O)/C(=N\OC)c3csc(N)n3)[C@H]2SC1. The van der Waals surface area contributed by atoms with Crippen LogP contribution in [0.2, 0.25) is 0 Å². The number of aromatic nitrogens is 1. The molecule has 0 aromatic carbocycles. The first kappa shape index (κ1) is 19.2. The van der Waals surface area contributed by atoms with Gasteiger partial charge in [0.2, 0.25) is 0 Å². The number of β-lactam (4-membered cyclic amide) rings is 1. The minimum atomic E-state index is -1.14. The Hall–Kier alpha value is -2.60. The molecule has 2 aliphatic rings. The van der Waals surface area contributed by atoms with Gasteiger partial charge in [0.25, 0.3) is 11.8 Å². The second-order valence-corrected chi connectivity index (χ2v) is 7.66. The number of hydrogen-bond donors (Lipinski definition) is 3. The normalized spacial score (nSPS) is 22.2. The second kappa shape index (κ2) is 7.56. The molecular formula is C15H17N5O5S2. The number of oxime groups is 1. The van der Waals surface area contributed by atoms with Gasteiger partial charge >= 0.3 is 5.97 Å². The zero-order chi connectivity index (χ0) is 19.7. The van der Waals surface area contributed by atoms with Crippen molar-refractivity contribution >= 4 is 51.7 Å². The Morgan fingerprint density at radius 3 is 2.85 bits per heavy atom. The molecule has 3 heterocycles. The summed E-state index contributed by atoms with van der Waals surface area (Å²) in [7, 11) is 1.28. The van der Waals surface area contributed by atoms with Crippen molar-refractivity contribution in [2.24, 2.45) is 5.16 Å². The molecule has 0 radical (unpaired) electrons. The van der Waals surface area contributed by atoms with E-state index >= 15 is 0 Å². The zero-order valence-corrected chi connectivity index (χ0v) is 16.1. The standard InChI is InChI=1S/C15H17N5O5S2/c1-3-6-4-26-13-9(12(22)20(13)10(6)14(23)24)18-11(21)8(19-25-2)7-5-27-15(16)17-7/h5,9,13H,3-4H2,1-2H3,(H2,16,17)(H,18,21)(H,23,24)/b19-8-/t9-,13-/m1/s1. The number of aliphatic carboxylic acids is 1. The average molecular weight is 411 g/mol. The fourth-order valence-electron chi connectivity index (χ4n) is 2.86. The highest BCUT2D eigenvalue weighted by molar-refractivity contribution is 8.00. The summed E-state index contributed by atoms with van der Waals surface area (Å²) in [6.45, 7) is 1.84. The smallest absolute Gasteiger partial charge is 0.352 e. The molecule has 27 heavy (non-hydrogen) atoms. The number of nitrogen functional groups attached to an aromatic ring is 1. The van der Waals surface area contributed by atoms with Crippen molar-refractivity contribution in [1.82, 2.24) is 15.2 Å². The van der Waals surface area contributed by atoms with Gasteiger partial charge in [0, 0.05) is 11.1 Å². The predicted molar refractivity (Wildman–Crippen MR) is 100 cm³/mol. The number of amides is 2. The maximum atomic E-state index is 12.6. The van der Waals surface area contributed by atoms with Gasteiger partial charge in [-0.05, 0) is 12.0 Å². The number of hydrogen-bond acceptors (Lipinski definition) is 9. The molecule has 10 nitrogen and oxygen atoms in total. The molecule has 4 N–H and O–H groups in total. The number of rotatable bonds is 6. The maximum Gasteiger partial charge on any atom is 0.352 e. The lowest BCUT2D eigenvalue weighted by Crippen LogP contribution is -2.71. The third-order valence-corrected chi connectivity index (χ3v) is 6.14. The topological polar surface area (TPSA) is 147 Å². The number of anilines is 1. The van der Waals surface area contributed by atoms with Gasteiger partial charge in [0.1, 0.15) is 29.9 Å². The number of carbonyl (C=O) groups is 3. The number of thiazole rings is 1. The predicted octanol–water partition coefficient (Wildman–Crippen LogP) is 0.224. The molecule has 2 atom stereocenters. The molecule has 1 saturated heterocycles. The van der Waals surface area contributed by atoms with E-state index in [9.17, 15) is 19.5 Å². The van der Waals surface area contributed by atoms with E-state index in [0.29, 0.717) is 17.7 Å². The Morgan fingerprint density at radius 1 is 1.56 bits per heavy atom. The molecule has 3 rings (SSSR count). The highest BCUT2D eigenvalue weighted by Crippen LogP contribution is 2.41. The van der Waals surface area contributed by atoms with Crippen molar-refractivity contribution in [3.63, 3.8) is 0 Å². The minimum Gasteiger partial charge on any atom is -0.477 e. The Labute approximate surface area is 162 Å². The maximum absolute atomic E-state index is 12.6. The lowest BCUT2D eigenvalue weighted by atomic mass is 10.0. The van der Waals surface area contributed by atoms with Crippen LogP contribution in [0.25, 0.3) is 0 Å². The van der Waals surface area contributed by atoms with Crippen molar-refractivity contribution in [2.45, 2.75) is 24.8 Å². The van der Waals surface area contributed by atoms with Crippen LogP contribution in [0.3, 0.4) is 0 Å². The van der Waals surface area contributed by atoms with E-state index in [4.69, 9.17) is 10.6 Å². The summed E-state index contributed by atoms with van der Waals surface area (Å²) in [5, 5.41) is 17.1. The average Bonchev–Trinajstić information content (AvgIpc) is 3.08. The van der Waals surface area contributed by atoms with Crippen LogP contribution in [0.5, 0.6) is 0 Å². The van der Waals surface area contributed by atoms with E-state index in [0.717, 1.165) is 11.3 Å². The molecule has 0 spiro atoms. The van der Waals surface area contributed by atoms with Crippen LogP contribution in [-0.4, -0.2) is 62.8 Å². The Kier molecular flexibility index (Phi) is 5.37. The van der Waals surface area contributed by atoms with E-state index in [1.165, 1.54) is 23.8 Å². The van der Waals surface area contributed by atoms with Crippen LogP contribution >= 0.6 is 23.1 Å². The molecule has 2 amide bonds. The number of fused-ring (bicyclic) bond motifs is 1. The summed E-state index contributed by atoms with van der Waals surface area (Å²) in [5.41, 5.74) is 6.41. The lowest BCUT2D eigenvalue weighted by Gasteiger charge is -2.49. The first-order valence-corrected chi connectivity index (χ1v) is 9.85. The van der Waals surface area contributed by atoms with E-state index in [-0.39, 0.29) is 22.2 Å². The molecule has 0 unspecified atom stereocenters. The highest BCUT2D eigenvalue weighted by atomic mass is 32.2. The number of carboxylic acids is 1. The molecule has 12 heteroatoms. The molecule has 1 aromatic rings. The number of nitrogens with two attached hydrogens (primary N) is 1. The van der Waals surface area contributed by atoms with Gasteiger partial charge in [0.15, 0.2) is 10.8 Å². The number of nitrogens with one attached hydrogen (secondary N) is 1. The fourth-order valence-corrected chi connectivity index (χ4v) is 4.85. The number of carboxylic acid groups (broad SMARTS) is 1. The van der Waals surface area contributed by atoms with Gasteiger partial charge in [-0.1, -0.05) is 12.1 Å². The van der Waals surface area contributed by atoms with Crippen molar-refractivity contribution < 1.29 is 24.3 Å². The zero-order valence-electron chi connectivity index (χ0n) is 14.5. The van der Waals surface area contributed by atoms with Crippen LogP contribution in [0.15, 0.2) is 21.8 Å². The summed E-state index contributed by atoms with van der Waals surface area (Å²) in [6.07, 6.45) is 0.540. The summed E-state index contributed by atoms with van der Waals surface area (Å²) in [4.78, 5) is 46.6. The van der Waals surface area contributed by atoms with Gasteiger partial charge in [-0.25, -0.2) is 9.78 Å². The summed E-state index contributed by atoms with van der Waals surface area (Å²) in [6, 6.07) is -0.853. The molecule has 1 aromatic heterocycles. The van der Waals surface area contributed by atoms with Gasteiger partial charge < -0.3 is 21.0 Å². The quantitative estimate of drug-likeness (QED) is 0.342. The molecule has 1 fully saturated rings. The summed E-state index contributed by atoms with van der Waals surface area (Å²) < 4.78 is 0. The van der Waals surface area contributed by atoms with Crippen LogP contribution in [-0.2, 0) is 19.2 Å². The first-order chi connectivity index (χ1) is 12.9. The van der Waals surface area contributed by atoms with Gasteiger partial charge in [-0.15, -0.1) is 23.1 Å². The Bertz CT molecular complexity index is 865. The van der Waals surface area contributed by atoms with Crippen LogP contribution in [0.1, 0.15) is 19.0 Å². The molecule has 144 valence electrons. The van der Waals surface area contributed by atoms with Crippen molar-refractivity contribution in [3.05, 3.63) is 22.3 Å². The summed E-state index contributed by atoms with van der Waals surface area (Å²) >= 11 is 2.55. The molecular weight excluding hydrogens is 394 g/mol. The Balaban J connectivity index is 1.79. The third kappa shape index (κ3) is 3.37. The first-order valence-electron chi connectivity index (χ1n) is 7.92. The monoisotopic (exact) mass is 411 g/mol. The molecule has 0 bridgehead atoms. The van der Waals surface area contributed by atoms with E-state index in [1.54, 1.807) is 5.38 Å². The van der Waals surface area contributed by atoms with Crippen molar-refractivity contribution in [2.75, 3.05) is 18.6 Å². The minimum absolute atomic E-state index is 0.00908. The van der Waals surface area contributed by atoms with Crippen LogP contribution < -0.4 is 11.1 Å². The largest absolute Gasteiger partial charge is 0.477 e. The van der Waals surface area contributed by atoms with Gasteiger partial charge in [-0.2, -0.15) is 0 Å². The summed E-state index contributed by atoms with van der Waals surface area (Å²) in [5.74, 6) is -1.78. The number of nitrogens with zero attached hydrogens (tertiary/aromatic N) is 3. The highest BCUT2D eigenvalue weighted by Gasteiger charge is 2.54. The van der Waals surface area contributed by atoms with Crippen molar-refractivity contribution in [1.29, 1.82) is 0 Å². The lowest BCUT2D eigenvalue weighted by molar-refractivity contribution is -0.150. The van der Waals surface area contributed by atoms with Crippen molar-refractivity contribution in [3.8, 4) is 0 Å². The molecule has 0 aliphatic carbocycles. The number of carbonyl (C=O) groups excluding carboxylic acids is 2. The van der Waals surface area contributed by atoms with E-state index in [2.05, 4.69) is 15.5 Å². The third-order valence-electron chi connectivity index (χ3n) is 4.13. The Morgan fingerprint density at radius 2 is 2.30 bits per heavy atom.